The van der Waals surface area contributed by atoms with E-state index in [0.29, 0.717) is 6.42 Å². The smallest absolute Gasteiger partial charge is 0.183 e. The van der Waals surface area contributed by atoms with Crippen LogP contribution in [0.25, 0.3) is 22.0 Å². The van der Waals surface area contributed by atoms with Crippen LogP contribution in [0.5, 0.6) is 0 Å². The molecule has 0 aliphatic rings. The number of pyridine rings is 1. The number of likely N-dealkylation sites (N-methyl/N-ethyl adjacent to an activating group) is 1. The van der Waals surface area contributed by atoms with E-state index in [-0.39, 0.29) is 5.78 Å². The zero-order valence-electron chi connectivity index (χ0n) is 19.3. The minimum Gasteiger partial charge on any atom is -0.297 e. The molecule has 0 amide bonds. The van der Waals surface area contributed by atoms with E-state index in [0.717, 1.165) is 34.0 Å². The SMILES string of the molecule is CCC(Cc1ccc(C)cc1)(C(=O)c1ccc(-c2ccnc3ccccc23)cc1)N(C)C. The fraction of sp³-hybridized carbons (Fsp3) is 0.241. The first-order valence-electron chi connectivity index (χ1n) is 11.2. The van der Waals surface area contributed by atoms with Crippen LogP contribution >= 0.6 is 0 Å². The van der Waals surface area contributed by atoms with Crippen LogP contribution in [0.4, 0.5) is 0 Å². The summed E-state index contributed by atoms with van der Waals surface area (Å²) >= 11 is 0. The summed E-state index contributed by atoms with van der Waals surface area (Å²) in [6, 6.07) is 26.7. The van der Waals surface area contributed by atoms with Crippen molar-refractivity contribution in [2.75, 3.05) is 14.1 Å². The van der Waals surface area contributed by atoms with Gasteiger partial charge in [0.15, 0.2) is 5.78 Å². The highest BCUT2D eigenvalue weighted by Crippen LogP contribution is 2.31. The molecule has 0 radical (unpaired) electrons. The Labute approximate surface area is 190 Å². The molecule has 0 saturated carbocycles. The van der Waals surface area contributed by atoms with Crippen LogP contribution in [0.3, 0.4) is 0 Å². The van der Waals surface area contributed by atoms with Crippen molar-refractivity contribution in [2.45, 2.75) is 32.2 Å². The summed E-state index contributed by atoms with van der Waals surface area (Å²) in [5.41, 5.74) is 5.76. The van der Waals surface area contributed by atoms with Gasteiger partial charge < -0.3 is 0 Å². The number of para-hydroxylation sites is 1. The maximum Gasteiger partial charge on any atom is 0.183 e. The third-order valence-electron chi connectivity index (χ3n) is 6.59. The molecule has 0 bridgehead atoms. The standard InChI is InChI=1S/C29H30N2O/c1-5-29(31(3)4,20-22-12-10-21(2)11-13-22)28(32)24-16-14-23(15-17-24)25-18-19-30-27-9-7-6-8-26(25)27/h6-19H,5,20H2,1-4H3. The summed E-state index contributed by atoms with van der Waals surface area (Å²) < 4.78 is 0. The van der Waals surface area contributed by atoms with Gasteiger partial charge in [0.05, 0.1) is 11.1 Å². The van der Waals surface area contributed by atoms with Crippen LogP contribution in [-0.4, -0.2) is 35.3 Å². The largest absolute Gasteiger partial charge is 0.297 e. The van der Waals surface area contributed by atoms with E-state index in [9.17, 15) is 4.79 Å². The average Bonchev–Trinajstić information content (AvgIpc) is 2.83. The van der Waals surface area contributed by atoms with Gasteiger partial charge in [-0.15, -0.1) is 0 Å². The first-order valence-corrected chi connectivity index (χ1v) is 11.2. The Morgan fingerprint density at radius 2 is 1.59 bits per heavy atom. The Balaban J connectivity index is 1.68. The van der Waals surface area contributed by atoms with Gasteiger partial charge in [-0.05, 0) is 62.7 Å². The van der Waals surface area contributed by atoms with Gasteiger partial charge in [0.25, 0.3) is 0 Å². The molecular formula is C29H30N2O. The van der Waals surface area contributed by atoms with Crippen LogP contribution in [-0.2, 0) is 6.42 Å². The summed E-state index contributed by atoms with van der Waals surface area (Å²) in [4.78, 5) is 20.4. The lowest BCUT2D eigenvalue weighted by Crippen LogP contribution is -2.52. The van der Waals surface area contributed by atoms with Crippen molar-refractivity contribution in [3.8, 4) is 11.1 Å². The topological polar surface area (TPSA) is 33.2 Å². The number of hydrogen-bond acceptors (Lipinski definition) is 3. The molecule has 1 heterocycles. The van der Waals surface area contributed by atoms with Gasteiger partial charge in [0, 0.05) is 17.1 Å². The van der Waals surface area contributed by atoms with E-state index in [1.165, 1.54) is 11.1 Å². The summed E-state index contributed by atoms with van der Waals surface area (Å²) in [6.45, 7) is 4.19. The lowest BCUT2D eigenvalue weighted by Gasteiger charge is -2.38. The van der Waals surface area contributed by atoms with Gasteiger partial charge >= 0.3 is 0 Å². The van der Waals surface area contributed by atoms with Crippen LogP contribution < -0.4 is 0 Å². The van der Waals surface area contributed by atoms with E-state index in [1.807, 2.05) is 56.7 Å². The molecule has 3 nitrogen and oxygen atoms in total. The van der Waals surface area contributed by atoms with Crippen molar-refractivity contribution in [3.05, 3.63) is 102 Å². The van der Waals surface area contributed by atoms with Gasteiger partial charge in [-0.25, -0.2) is 0 Å². The van der Waals surface area contributed by atoms with Crippen LogP contribution in [0.1, 0.15) is 34.8 Å². The normalized spacial score (nSPS) is 13.3. The number of fused-ring (bicyclic) bond motifs is 1. The van der Waals surface area contributed by atoms with Gasteiger partial charge in [0.2, 0.25) is 0 Å². The summed E-state index contributed by atoms with van der Waals surface area (Å²) in [5.74, 6) is 0.164. The lowest BCUT2D eigenvalue weighted by atomic mass is 9.80. The Morgan fingerprint density at radius 3 is 2.25 bits per heavy atom. The molecule has 3 aromatic carbocycles. The molecule has 1 unspecified atom stereocenters. The molecule has 32 heavy (non-hydrogen) atoms. The van der Waals surface area contributed by atoms with Gasteiger partial charge in [-0.1, -0.05) is 79.2 Å². The number of carbonyl (C=O) groups excluding carboxylic acids is 1. The van der Waals surface area contributed by atoms with E-state index in [2.05, 4.69) is 66.2 Å². The quantitative estimate of drug-likeness (QED) is 0.326. The second kappa shape index (κ2) is 9.05. The fourth-order valence-corrected chi connectivity index (χ4v) is 4.50. The number of aromatic nitrogens is 1. The lowest BCUT2D eigenvalue weighted by molar-refractivity contribution is 0.0666. The summed E-state index contributed by atoms with van der Waals surface area (Å²) in [6.07, 6.45) is 3.27. The Morgan fingerprint density at radius 1 is 0.906 bits per heavy atom. The molecule has 0 N–H and O–H groups in total. The molecule has 4 aromatic rings. The monoisotopic (exact) mass is 422 g/mol. The minimum atomic E-state index is -0.583. The number of Topliss-reactive ketones (excluding diaryl/α,β-unsaturated/α-hetero) is 1. The number of rotatable bonds is 7. The van der Waals surface area contributed by atoms with Crippen LogP contribution in [0, 0.1) is 6.92 Å². The molecular weight excluding hydrogens is 392 g/mol. The van der Waals surface area contributed by atoms with E-state index in [1.54, 1.807) is 0 Å². The number of nitrogens with zero attached hydrogens (tertiary/aromatic N) is 2. The maximum absolute atomic E-state index is 13.8. The van der Waals surface area contributed by atoms with Crippen molar-refractivity contribution in [1.82, 2.24) is 9.88 Å². The highest BCUT2D eigenvalue weighted by molar-refractivity contribution is 6.04. The molecule has 0 aliphatic carbocycles. The Hall–Kier alpha value is -3.30. The van der Waals surface area contributed by atoms with Crippen molar-refractivity contribution in [1.29, 1.82) is 0 Å². The van der Waals surface area contributed by atoms with E-state index < -0.39 is 5.54 Å². The zero-order valence-corrected chi connectivity index (χ0v) is 19.3. The predicted molar refractivity (Wildman–Crippen MR) is 133 cm³/mol. The molecule has 3 heteroatoms. The second-order valence-corrected chi connectivity index (χ2v) is 8.72. The fourth-order valence-electron chi connectivity index (χ4n) is 4.50. The molecule has 4 rings (SSSR count). The first-order chi connectivity index (χ1) is 15.4. The van der Waals surface area contributed by atoms with Gasteiger partial charge in [-0.3, -0.25) is 14.7 Å². The van der Waals surface area contributed by atoms with E-state index >= 15 is 0 Å². The molecule has 0 aliphatic heterocycles. The average molecular weight is 423 g/mol. The molecule has 0 spiro atoms. The summed E-state index contributed by atoms with van der Waals surface area (Å²) in [7, 11) is 4.01. The molecule has 1 atom stereocenters. The Bertz CT molecular complexity index is 1220. The zero-order chi connectivity index (χ0) is 22.7. The molecule has 1 aromatic heterocycles. The van der Waals surface area contributed by atoms with Gasteiger partial charge in [-0.2, -0.15) is 0 Å². The molecule has 0 fully saturated rings. The highest BCUT2D eigenvalue weighted by Gasteiger charge is 2.39. The highest BCUT2D eigenvalue weighted by atomic mass is 16.1. The van der Waals surface area contributed by atoms with Gasteiger partial charge in [0.1, 0.15) is 0 Å². The van der Waals surface area contributed by atoms with Crippen molar-refractivity contribution in [2.24, 2.45) is 0 Å². The number of hydrogen-bond donors (Lipinski definition) is 0. The maximum atomic E-state index is 13.8. The van der Waals surface area contributed by atoms with Crippen LogP contribution in [0.2, 0.25) is 0 Å². The Kier molecular flexibility index (Phi) is 6.20. The van der Waals surface area contributed by atoms with Crippen molar-refractivity contribution < 1.29 is 4.79 Å². The van der Waals surface area contributed by atoms with Crippen molar-refractivity contribution in [3.63, 3.8) is 0 Å². The molecule has 0 saturated heterocycles. The second-order valence-electron chi connectivity index (χ2n) is 8.72. The molecule has 162 valence electrons. The predicted octanol–water partition coefficient (Wildman–Crippen LogP) is 6.35. The van der Waals surface area contributed by atoms with Crippen molar-refractivity contribution >= 4 is 16.7 Å². The number of benzene rings is 3. The summed E-state index contributed by atoms with van der Waals surface area (Å²) in [5, 5.41) is 1.12. The van der Waals surface area contributed by atoms with Crippen LogP contribution in [0.15, 0.2) is 85.1 Å². The van der Waals surface area contributed by atoms with E-state index in [4.69, 9.17) is 0 Å². The number of carbonyl (C=O) groups is 1. The number of ketones is 1. The minimum absolute atomic E-state index is 0.164. The first kappa shape index (κ1) is 21.9. The third-order valence-corrected chi connectivity index (χ3v) is 6.59. The number of aryl methyl sites for hydroxylation is 1. The third kappa shape index (κ3) is 4.09.